The number of methoxy groups -OCH3 is 2. The molecule has 22 heavy (non-hydrogen) atoms. The summed E-state index contributed by atoms with van der Waals surface area (Å²) in [6, 6.07) is 5.75. The highest BCUT2D eigenvalue weighted by Crippen LogP contribution is 2.38. The molecule has 1 N–H and O–H groups in total. The fourth-order valence-electron chi connectivity index (χ4n) is 2.71. The van der Waals surface area contributed by atoms with Gasteiger partial charge in [0.25, 0.3) is 0 Å². The molecule has 1 aliphatic rings. The summed E-state index contributed by atoms with van der Waals surface area (Å²) in [5, 5.41) is 12.4. The Balaban J connectivity index is 2.20. The largest absolute Gasteiger partial charge is 0.467 e. The predicted molar refractivity (Wildman–Crippen MR) is 81.9 cm³/mol. The average molecular weight is 309 g/mol. The van der Waals surface area contributed by atoms with Crippen molar-refractivity contribution in [3.8, 4) is 11.5 Å². The molecule has 0 aliphatic heterocycles. The molecule has 0 spiro atoms. The molecule has 122 valence electrons. The minimum Gasteiger partial charge on any atom is -0.467 e. The normalized spacial score (nSPS) is 20.1. The standard InChI is InChI=1S/C16H23NO5/c1-19-10-21-14-6-7-15(16(9-14)22-11-20-2)12-4-3-5-13(8-12)17-18/h6-7,9,12,18H,3-5,8,10-11H2,1-2H3/b17-13+. The Labute approximate surface area is 130 Å². The van der Waals surface area contributed by atoms with E-state index < -0.39 is 0 Å². The van der Waals surface area contributed by atoms with Gasteiger partial charge in [0.05, 0.1) is 5.71 Å². The highest BCUT2D eigenvalue weighted by Gasteiger charge is 2.23. The maximum Gasteiger partial charge on any atom is 0.188 e. The van der Waals surface area contributed by atoms with Crippen molar-refractivity contribution in [3.63, 3.8) is 0 Å². The first-order valence-corrected chi connectivity index (χ1v) is 7.35. The van der Waals surface area contributed by atoms with E-state index in [9.17, 15) is 0 Å². The van der Waals surface area contributed by atoms with Crippen LogP contribution in [-0.2, 0) is 9.47 Å². The third-order valence-corrected chi connectivity index (χ3v) is 3.74. The molecule has 0 aromatic heterocycles. The molecule has 1 atom stereocenters. The molecule has 2 rings (SSSR count). The lowest BCUT2D eigenvalue weighted by molar-refractivity contribution is 0.0454. The first-order chi connectivity index (χ1) is 10.8. The highest BCUT2D eigenvalue weighted by atomic mass is 16.7. The van der Waals surface area contributed by atoms with Gasteiger partial charge in [-0.2, -0.15) is 0 Å². The van der Waals surface area contributed by atoms with E-state index in [1.165, 1.54) is 0 Å². The summed E-state index contributed by atoms with van der Waals surface area (Å²) in [6.45, 7) is 0.363. The van der Waals surface area contributed by atoms with Crippen LogP contribution in [0.2, 0.25) is 0 Å². The van der Waals surface area contributed by atoms with Gasteiger partial charge < -0.3 is 24.2 Å². The average Bonchev–Trinajstić information content (AvgIpc) is 2.58. The van der Waals surface area contributed by atoms with Crippen molar-refractivity contribution in [1.29, 1.82) is 0 Å². The van der Waals surface area contributed by atoms with Crippen LogP contribution in [0.1, 0.15) is 37.2 Å². The second kappa shape index (κ2) is 8.60. The topological polar surface area (TPSA) is 69.5 Å². The third kappa shape index (κ3) is 4.35. The van der Waals surface area contributed by atoms with Gasteiger partial charge in [0.15, 0.2) is 13.6 Å². The summed E-state index contributed by atoms with van der Waals surface area (Å²) in [5.74, 6) is 1.70. The SMILES string of the molecule is COCOc1ccc(C2CCC/C(=N\O)C2)c(OCOC)c1. The van der Waals surface area contributed by atoms with Crippen molar-refractivity contribution in [2.45, 2.75) is 31.6 Å². The Kier molecular flexibility index (Phi) is 6.48. The Morgan fingerprint density at radius 3 is 2.68 bits per heavy atom. The van der Waals surface area contributed by atoms with Crippen LogP contribution < -0.4 is 9.47 Å². The van der Waals surface area contributed by atoms with Crippen LogP contribution in [0.4, 0.5) is 0 Å². The number of hydrogen-bond acceptors (Lipinski definition) is 6. The van der Waals surface area contributed by atoms with E-state index >= 15 is 0 Å². The van der Waals surface area contributed by atoms with Crippen LogP contribution in [0.3, 0.4) is 0 Å². The predicted octanol–water partition coefficient (Wildman–Crippen LogP) is 3.14. The Morgan fingerprint density at radius 1 is 1.18 bits per heavy atom. The van der Waals surface area contributed by atoms with Crippen LogP contribution in [-0.4, -0.2) is 38.7 Å². The number of nitrogens with zero attached hydrogens (tertiary/aromatic N) is 1. The second-order valence-electron chi connectivity index (χ2n) is 5.26. The molecule has 6 nitrogen and oxygen atoms in total. The van der Waals surface area contributed by atoms with Crippen molar-refractivity contribution in [1.82, 2.24) is 0 Å². The Bertz CT molecular complexity index is 503. The molecule has 0 heterocycles. The van der Waals surface area contributed by atoms with Crippen LogP contribution >= 0.6 is 0 Å². The molecule has 1 aliphatic carbocycles. The minimum atomic E-state index is 0.175. The molecule has 0 radical (unpaired) electrons. The van der Waals surface area contributed by atoms with Gasteiger partial charge in [0.1, 0.15) is 11.5 Å². The summed E-state index contributed by atoms with van der Waals surface area (Å²) in [6.07, 6.45) is 3.66. The number of oxime groups is 1. The van der Waals surface area contributed by atoms with Gasteiger partial charge in [0, 0.05) is 20.3 Å². The van der Waals surface area contributed by atoms with Gasteiger partial charge in [0.2, 0.25) is 0 Å². The number of ether oxygens (including phenoxy) is 4. The van der Waals surface area contributed by atoms with Crippen molar-refractivity contribution >= 4 is 5.71 Å². The molecule has 6 heteroatoms. The van der Waals surface area contributed by atoms with Crippen LogP contribution in [0.15, 0.2) is 23.4 Å². The lowest BCUT2D eigenvalue weighted by atomic mass is 9.82. The van der Waals surface area contributed by atoms with Crippen molar-refractivity contribution in [3.05, 3.63) is 23.8 Å². The zero-order valence-electron chi connectivity index (χ0n) is 13.1. The van der Waals surface area contributed by atoms with Gasteiger partial charge in [-0.3, -0.25) is 0 Å². The van der Waals surface area contributed by atoms with Gasteiger partial charge in [-0.15, -0.1) is 0 Å². The Morgan fingerprint density at radius 2 is 1.95 bits per heavy atom. The maximum atomic E-state index is 9.01. The smallest absolute Gasteiger partial charge is 0.188 e. The van der Waals surface area contributed by atoms with E-state index in [4.69, 9.17) is 24.2 Å². The van der Waals surface area contributed by atoms with Crippen molar-refractivity contribution in [2.75, 3.05) is 27.8 Å². The van der Waals surface area contributed by atoms with Crippen LogP contribution in [0, 0.1) is 0 Å². The monoisotopic (exact) mass is 309 g/mol. The van der Waals surface area contributed by atoms with E-state index in [2.05, 4.69) is 5.16 Å². The van der Waals surface area contributed by atoms with Crippen LogP contribution in [0.5, 0.6) is 11.5 Å². The van der Waals surface area contributed by atoms with E-state index in [0.717, 1.165) is 42.7 Å². The van der Waals surface area contributed by atoms with E-state index in [-0.39, 0.29) is 19.5 Å². The maximum absolute atomic E-state index is 9.01. The summed E-state index contributed by atoms with van der Waals surface area (Å²) >= 11 is 0. The van der Waals surface area contributed by atoms with E-state index in [1.807, 2.05) is 18.2 Å². The lowest BCUT2D eigenvalue weighted by Gasteiger charge is -2.25. The Hall–Kier alpha value is -1.79. The molecule has 1 aromatic rings. The molecule has 0 amide bonds. The number of rotatable bonds is 7. The first kappa shape index (κ1) is 16.6. The molecule has 1 aromatic carbocycles. The third-order valence-electron chi connectivity index (χ3n) is 3.74. The molecular weight excluding hydrogens is 286 g/mol. The fraction of sp³-hybridized carbons (Fsp3) is 0.562. The molecule has 0 bridgehead atoms. The van der Waals surface area contributed by atoms with Crippen molar-refractivity contribution < 1.29 is 24.2 Å². The molecule has 1 fully saturated rings. The molecule has 1 unspecified atom stereocenters. The summed E-state index contributed by atoms with van der Waals surface area (Å²) in [4.78, 5) is 0. The lowest BCUT2D eigenvalue weighted by Crippen LogP contribution is -2.15. The minimum absolute atomic E-state index is 0.175. The summed E-state index contributed by atoms with van der Waals surface area (Å²) < 4.78 is 21.0. The molecule has 1 saturated carbocycles. The second-order valence-corrected chi connectivity index (χ2v) is 5.26. The molecule has 0 saturated heterocycles. The molecular formula is C16H23NO5. The number of benzene rings is 1. The summed E-state index contributed by atoms with van der Waals surface area (Å²) in [7, 11) is 3.16. The van der Waals surface area contributed by atoms with Gasteiger partial charge in [-0.1, -0.05) is 11.2 Å². The van der Waals surface area contributed by atoms with Gasteiger partial charge in [-0.25, -0.2) is 0 Å². The van der Waals surface area contributed by atoms with Gasteiger partial charge >= 0.3 is 0 Å². The van der Waals surface area contributed by atoms with E-state index in [1.54, 1.807) is 14.2 Å². The van der Waals surface area contributed by atoms with Gasteiger partial charge in [-0.05, 0) is 43.2 Å². The zero-order chi connectivity index (χ0) is 15.8. The fourth-order valence-corrected chi connectivity index (χ4v) is 2.71. The first-order valence-electron chi connectivity index (χ1n) is 7.35. The number of hydrogen-bond donors (Lipinski definition) is 1. The van der Waals surface area contributed by atoms with Crippen molar-refractivity contribution in [2.24, 2.45) is 5.16 Å². The quantitative estimate of drug-likeness (QED) is 0.476. The highest BCUT2D eigenvalue weighted by molar-refractivity contribution is 5.85. The summed E-state index contributed by atoms with van der Waals surface area (Å²) in [5.41, 5.74) is 1.93. The van der Waals surface area contributed by atoms with E-state index in [0.29, 0.717) is 5.75 Å². The van der Waals surface area contributed by atoms with Crippen LogP contribution in [0.25, 0.3) is 0 Å². The zero-order valence-corrected chi connectivity index (χ0v) is 13.1.